The summed E-state index contributed by atoms with van der Waals surface area (Å²) in [4.78, 5) is 32.4. The van der Waals surface area contributed by atoms with Crippen LogP contribution >= 0.6 is 0 Å². The van der Waals surface area contributed by atoms with Crippen molar-refractivity contribution in [2.75, 3.05) is 71.0 Å². The van der Waals surface area contributed by atoms with Crippen LogP contribution in [0.25, 0.3) is 0 Å². The van der Waals surface area contributed by atoms with Crippen molar-refractivity contribution in [3.8, 4) is 5.75 Å². The van der Waals surface area contributed by atoms with Gasteiger partial charge in [-0.3, -0.25) is 19.4 Å². The molecule has 8 nitrogen and oxygen atoms in total. The van der Waals surface area contributed by atoms with Gasteiger partial charge in [-0.25, -0.2) is 0 Å². The standard InChI is InChI=1S/C26H34N4O4/c1-2-34-23-11-7-6-10-22(23)27-26(32)25(21-8-4-3-5-9-21)30-14-12-28(13-15-30)20-24(31)29-16-18-33-19-17-29/h3-11,25H,2,12-20H2,1H3,(H,27,32)/t25-/m1/s1. The van der Waals surface area contributed by atoms with Gasteiger partial charge in [-0.2, -0.15) is 0 Å². The van der Waals surface area contributed by atoms with Gasteiger partial charge in [0, 0.05) is 39.3 Å². The molecule has 0 bridgehead atoms. The number of ether oxygens (including phenoxy) is 2. The Morgan fingerprint density at radius 3 is 2.32 bits per heavy atom. The second-order valence-electron chi connectivity index (χ2n) is 8.54. The highest BCUT2D eigenvalue weighted by atomic mass is 16.5. The van der Waals surface area contributed by atoms with E-state index in [0.717, 1.165) is 18.7 Å². The van der Waals surface area contributed by atoms with Crippen molar-refractivity contribution >= 4 is 17.5 Å². The predicted molar refractivity (Wildman–Crippen MR) is 131 cm³/mol. The van der Waals surface area contributed by atoms with Gasteiger partial charge in [-0.15, -0.1) is 0 Å². The quantitative estimate of drug-likeness (QED) is 0.643. The molecular weight excluding hydrogens is 432 g/mol. The highest BCUT2D eigenvalue weighted by Gasteiger charge is 2.32. The number of para-hydroxylation sites is 2. The maximum Gasteiger partial charge on any atom is 0.246 e. The zero-order valence-electron chi connectivity index (χ0n) is 19.8. The Kier molecular flexibility index (Phi) is 8.51. The molecule has 1 atom stereocenters. The van der Waals surface area contributed by atoms with Gasteiger partial charge >= 0.3 is 0 Å². The molecule has 8 heteroatoms. The largest absolute Gasteiger partial charge is 0.492 e. The van der Waals surface area contributed by atoms with Crippen molar-refractivity contribution in [2.24, 2.45) is 0 Å². The van der Waals surface area contributed by atoms with Crippen LogP contribution in [0.15, 0.2) is 54.6 Å². The lowest BCUT2D eigenvalue weighted by molar-refractivity contribution is -0.137. The third kappa shape index (κ3) is 6.14. The summed E-state index contributed by atoms with van der Waals surface area (Å²) in [5, 5.41) is 3.09. The van der Waals surface area contributed by atoms with Crippen LogP contribution in [0.3, 0.4) is 0 Å². The number of rotatable bonds is 8. The van der Waals surface area contributed by atoms with Crippen molar-refractivity contribution in [1.82, 2.24) is 14.7 Å². The van der Waals surface area contributed by atoms with Crippen molar-refractivity contribution in [2.45, 2.75) is 13.0 Å². The van der Waals surface area contributed by atoms with Crippen molar-refractivity contribution < 1.29 is 19.1 Å². The van der Waals surface area contributed by atoms with Crippen LogP contribution in [0, 0.1) is 0 Å². The molecule has 0 spiro atoms. The Morgan fingerprint density at radius 2 is 1.62 bits per heavy atom. The first-order valence-corrected chi connectivity index (χ1v) is 12.0. The number of nitrogens with zero attached hydrogens (tertiary/aromatic N) is 3. The van der Waals surface area contributed by atoms with Gasteiger partial charge in [0.25, 0.3) is 0 Å². The molecular formula is C26H34N4O4. The van der Waals surface area contributed by atoms with Gasteiger partial charge in [0.2, 0.25) is 11.8 Å². The molecule has 2 fully saturated rings. The minimum atomic E-state index is -0.423. The van der Waals surface area contributed by atoms with Gasteiger partial charge in [0.15, 0.2) is 0 Å². The van der Waals surface area contributed by atoms with Crippen molar-refractivity contribution in [3.63, 3.8) is 0 Å². The Morgan fingerprint density at radius 1 is 0.941 bits per heavy atom. The topological polar surface area (TPSA) is 74.4 Å². The third-order valence-corrected chi connectivity index (χ3v) is 6.30. The summed E-state index contributed by atoms with van der Waals surface area (Å²) < 4.78 is 11.0. The number of hydrogen-bond acceptors (Lipinski definition) is 6. The monoisotopic (exact) mass is 466 g/mol. The van der Waals surface area contributed by atoms with Crippen LogP contribution in [0.5, 0.6) is 5.75 Å². The maximum atomic E-state index is 13.5. The SMILES string of the molecule is CCOc1ccccc1NC(=O)[C@@H](c1ccccc1)N1CCN(CC(=O)N2CCOCC2)CC1. The van der Waals surface area contributed by atoms with E-state index in [0.29, 0.717) is 64.0 Å². The number of nitrogens with one attached hydrogen (secondary N) is 1. The summed E-state index contributed by atoms with van der Waals surface area (Å²) in [6.07, 6.45) is 0. The van der Waals surface area contributed by atoms with Gasteiger partial charge in [0.1, 0.15) is 11.8 Å². The first-order chi connectivity index (χ1) is 16.7. The number of hydrogen-bond donors (Lipinski definition) is 1. The number of benzene rings is 2. The molecule has 2 aliphatic rings. The fourth-order valence-electron chi connectivity index (χ4n) is 4.50. The first-order valence-electron chi connectivity index (χ1n) is 12.0. The molecule has 1 N–H and O–H groups in total. The molecule has 4 rings (SSSR count). The summed E-state index contributed by atoms with van der Waals surface area (Å²) in [6.45, 7) is 8.31. The van der Waals surface area contributed by atoms with E-state index in [4.69, 9.17) is 9.47 Å². The molecule has 0 aromatic heterocycles. The number of carbonyl (C=O) groups is 2. The van der Waals surface area contributed by atoms with Gasteiger partial charge in [0.05, 0.1) is 32.1 Å². The lowest BCUT2D eigenvalue weighted by Gasteiger charge is -2.39. The summed E-state index contributed by atoms with van der Waals surface area (Å²) in [5.41, 5.74) is 1.62. The number of amides is 2. The zero-order valence-corrected chi connectivity index (χ0v) is 19.8. The summed E-state index contributed by atoms with van der Waals surface area (Å²) in [7, 11) is 0. The zero-order chi connectivity index (χ0) is 23.8. The number of carbonyl (C=O) groups excluding carboxylic acids is 2. The molecule has 0 aliphatic carbocycles. The fraction of sp³-hybridized carbons (Fsp3) is 0.462. The van der Waals surface area contributed by atoms with Crippen LogP contribution in [0.4, 0.5) is 5.69 Å². The number of morpholine rings is 1. The molecule has 2 aromatic carbocycles. The Hall–Kier alpha value is -2.94. The van der Waals surface area contributed by atoms with Gasteiger partial charge in [-0.1, -0.05) is 42.5 Å². The molecule has 2 heterocycles. The van der Waals surface area contributed by atoms with E-state index in [1.807, 2.05) is 66.4 Å². The summed E-state index contributed by atoms with van der Waals surface area (Å²) in [5.74, 6) is 0.731. The molecule has 182 valence electrons. The second kappa shape index (κ2) is 12.0. The van der Waals surface area contributed by atoms with Crippen molar-refractivity contribution in [1.29, 1.82) is 0 Å². The normalized spacial score (nSPS) is 18.3. The number of anilines is 1. The van der Waals surface area contributed by atoms with Crippen LogP contribution in [0.1, 0.15) is 18.5 Å². The smallest absolute Gasteiger partial charge is 0.246 e. The second-order valence-corrected chi connectivity index (χ2v) is 8.54. The Bertz CT molecular complexity index is 941. The van der Waals surface area contributed by atoms with Crippen LogP contribution < -0.4 is 10.1 Å². The Labute approximate surface area is 201 Å². The molecule has 0 radical (unpaired) electrons. The molecule has 2 amide bonds. The molecule has 0 saturated carbocycles. The lowest BCUT2D eigenvalue weighted by Crippen LogP contribution is -2.53. The van der Waals surface area contributed by atoms with Crippen molar-refractivity contribution in [3.05, 3.63) is 60.2 Å². The van der Waals surface area contributed by atoms with Crippen LogP contribution in [-0.4, -0.2) is 92.1 Å². The molecule has 2 saturated heterocycles. The third-order valence-electron chi connectivity index (χ3n) is 6.30. The predicted octanol–water partition coefficient (Wildman–Crippen LogP) is 2.24. The van der Waals surface area contributed by atoms with E-state index in [9.17, 15) is 9.59 Å². The Balaban J connectivity index is 1.42. The summed E-state index contributed by atoms with van der Waals surface area (Å²) >= 11 is 0. The van der Waals surface area contributed by atoms with Crippen LogP contribution in [0.2, 0.25) is 0 Å². The van der Waals surface area contributed by atoms with Gasteiger partial charge in [-0.05, 0) is 24.6 Å². The highest BCUT2D eigenvalue weighted by Crippen LogP contribution is 2.28. The molecule has 2 aromatic rings. The van der Waals surface area contributed by atoms with E-state index >= 15 is 0 Å². The first kappa shape index (κ1) is 24.2. The van der Waals surface area contributed by atoms with E-state index < -0.39 is 6.04 Å². The highest BCUT2D eigenvalue weighted by molar-refractivity contribution is 5.96. The molecule has 2 aliphatic heterocycles. The maximum absolute atomic E-state index is 13.5. The van der Waals surface area contributed by atoms with E-state index in [1.54, 1.807) is 0 Å². The fourth-order valence-corrected chi connectivity index (χ4v) is 4.50. The average Bonchev–Trinajstić information content (AvgIpc) is 2.88. The average molecular weight is 467 g/mol. The van der Waals surface area contributed by atoms with E-state index in [2.05, 4.69) is 15.1 Å². The van der Waals surface area contributed by atoms with Gasteiger partial charge < -0.3 is 19.7 Å². The minimum Gasteiger partial charge on any atom is -0.492 e. The summed E-state index contributed by atoms with van der Waals surface area (Å²) in [6, 6.07) is 16.9. The molecule has 0 unspecified atom stereocenters. The van der Waals surface area contributed by atoms with E-state index in [-0.39, 0.29) is 11.8 Å². The minimum absolute atomic E-state index is 0.0869. The number of piperazine rings is 1. The van der Waals surface area contributed by atoms with Crippen LogP contribution in [-0.2, 0) is 14.3 Å². The lowest BCUT2D eigenvalue weighted by atomic mass is 10.0. The molecule has 34 heavy (non-hydrogen) atoms. The van der Waals surface area contributed by atoms with E-state index in [1.165, 1.54) is 0 Å².